The minimum absolute atomic E-state index is 0.205. The van der Waals surface area contributed by atoms with Gasteiger partial charge in [-0.25, -0.2) is 0 Å². The summed E-state index contributed by atoms with van der Waals surface area (Å²) in [4.78, 5) is 15.9. The molecular weight excluding hydrogens is 160 g/mol. The number of likely N-dealkylation sites (N-methyl/N-ethyl adjacent to an activating group) is 1. The molecule has 1 aromatic rings. The van der Waals surface area contributed by atoms with Gasteiger partial charge in [0, 0.05) is 17.5 Å². The predicted octanol–water partition coefficient (Wildman–Crippen LogP) is 0.474. The van der Waals surface area contributed by atoms with E-state index in [2.05, 4.69) is 10.3 Å². The average molecular weight is 170 g/mol. The van der Waals surface area contributed by atoms with Gasteiger partial charge in [0.2, 0.25) is 0 Å². The Morgan fingerprint density at radius 1 is 1.82 bits per heavy atom. The maximum absolute atomic E-state index is 11.0. The zero-order chi connectivity index (χ0) is 8.10. The topological polar surface area (TPSA) is 42.0 Å². The van der Waals surface area contributed by atoms with Crippen LogP contribution in [0.25, 0.3) is 0 Å². The number of carbonyl (C=O) groups is 1. The maximum atomic E-state index is 11.0. The lowest BCUT2D eigenvalue weighted by Gasteiger charge is -1.94. The quantitative estimate of drug-likeness (QED) is 0.714. The molecule has 1 N–H and O–H groups in total. The number of nitrogens with zero attached hydrogens (tertiary/aromatic N) is 1. The van der Waals surface area contributed by atoms with E-state index in [1.54, 1.807) is 18.8 Å². The smallest absolute Gasteiger partial charge is 0.151 e. The summed E-state index contributed by atoms with van der Waals surface area (Å²) in [5.74, 6) is 0.205. The molecule has 4 heteroatoms. The van der Waals surface area contributed by atoms with Gasteiger partial charge < -0.3 is 5.32 Å². The molecular formula is C7H10N2OS. The number of nitrogens with one attached hydrogen (secondary N) is 1. The van der Waals surface area contributed by atoms with Gasteiger partial charge in [0.15, 0.2) is 5.78 Å². The van der Waals surface area contributed by atoms with Gasteiger partial charge in [-0.3, -0.25) is 9.78 Å². The molecule has 0 bridgehead atoms. The van der Waals surface area contributed by atoms with Crippen LogP contribution in [0.3, 0.4) is 0 Å². The molecule has 0 radical (unpaired) electrons. The third kappa shape index (κ3) is 2.78. The SMILES string of the molecule is CNCC(=O)Cc1cncs1. The van der Waals surface area contributed by atoms with Gasteiger partial charge >= 0.3 is 0 Å². The number of thiazole rings is 1. The highest BCUT2D eigenvalue weighted by Crippen LogP contribution is 2.05. The van der Waals surface area contributed by atoms with Crippen LogP contribution < -0.4 is 5.32 Å². The number of aromatic nitrogens is 1. The molecule has 1 aromatic heterocycles. The van der Waals surface area contributed by atoms with E-state index >= 15 is 0 Å². The molecule has 0 aromatic carbocycles. The van der Waals surface area contributed by atoms with E-state index in [-0.39, 0.29) is 5.78 Å². The summed E-state index contributed by atoms with van der Waals surface area (Å²) >= 11 is 1.52. The first kappa shape index (κ1) is 8.36. The molecule has 0 aliphatic rings. The van der Waals surface area contributed by atoms with Gasteiger partial charge in [-0.05, 0) is 7.05 Å². The van der Waals surface area contributed by atoms with Crippen LogP contribution in [0.2, 0.25) is 0 Å². The summed E-state index contributed by atoms with van der Waals surface area (Å²) in [6.45, 7) is 0.442. The summed E-state index contributed by atoms with van der Waals surface area (Å²) in [6, 6.07) is 0. The van der Waals surface area contributed by atoms with E-state index in [1.165, 1.54) is 11.3 Å². The Bertz CT molecular complexity index is 220. The van der Waals surface area contributed by atoms with Crippen LogP contribution >= 0.6 is 11.3 Å². The van der Waals surface area contributed by atoms with E-state index in [4.69, 9.17) is 0 Å². The number of hydrogen-bond donors (Lipinski definition) is 1. The van der Waals surface area contributed by atoms with Crippen molar-refractivity contribution in [2.24, 2.45) is 0 Å². The van der Waals surface area contributed by atoms with Crippen molar-refractivity contribution in [3.8, 4) is 0 Å². The molecule has 0 unspecified atom stereocenters. The molecule has 0 atom stereocenters. The summed E-state index contributed by atoms with van der Waals surface area (Å²) < 4.78 is 0. The van der Waals surface area contributed by atoms with Crippen LogP contribution in [0.1, 0.15) is 4.88 Å². The lowest BCUT2D eigenvalue weighted by molar-refractivity contribution is -0.117. The second-order valence-corrected chi connectivity index (χ2v) is 3.18. The molecule has 11 heavy (non-hydrogen) atoms. The largest absolute Gasteiger partial charge is 0.313 e. The highest BCUT2D eigenvalue weighted by Gasteiger charge is 2.02. The zero-order valence-corrected chi connectivity index (χ0v) is 7.15. The van der Waals surface area contributed by atoms with E-state index in [9.17, 15) is 4.79 Å². The van der Waals surface area contributed by atoms with Gasteiger partial charge in [0.1, 0.15) is 0 Å². The first-order valence-electron chi connectivity index (χ1n) is 3.36. The molecule has 0 aliphatic heterocycles. The van der Waals surface area contributed by atoms with Crippen LogP contribution in [-0.2, 0) is 11.2 Å². The number of ketones is 1. The molecule has 0 amide bonds. The van der Waals surface area contributed by atoms with Crippen molar-refractivity contribution in [1.82, 2.24) is 10.3 Å². The zero-order valence-electron chi connectivity index (χ0n) is 6.33. The van der Waals surface area contributed by atoms with E-state index in [0.29, 0.717) is 13.0 Å². The highest BCUT2D eigenvalue weighted by atomic mass is 32.1. The highest BCUT2D eigenvalue weighted by molar-refractivity contribution is 7.09. The fraction of sp³-hybridized carbons (Fsp3) is 0.429. The number of rotatable bonds is 4. The van der Waals surface area contributed by atoms with Crippen LogP contribution in [0.4, 0.5) is 0 Å². The number of hydrogen-bond acceptors (Lipinski definition) is 4. The normalized spacial score (nSPS) is 9.91. The van der Waals surface area contributed by atoms with Crippen molar-refractivity contribution < 1.29 is 4.79 Å². The third-order valence-electron chi connectivity index (χ3n) is 1.23. The van der Waals surface area contributed by atoms with Gasteiger partial charge in [0.25, 0.3) is 0 Å². The summed E-state index contributed by atoms with van der Waals surface area (Å²) in [6.07, 6.45) is 2.24. The number of Topliss-reactive ketones (excluding diaryl/α,β-unsaturated/α-hetero) is 1. The Kier molecular flexibility index (Phi) is 3.19. The first-order valence-corrected chi connectivity index (χ1v) is 4.24. The lowest BCUT2D eigenvalue weighted by atomic mass is 10.2. The first-order chi connectivity index (χ1) is 5.33. The molecule has 1 rings (SSSR count). The van der Waals surface area contributed by atoms with Crippen LogP contribution in [0.5, 0.6) is 0 Å². The van der Waals surface area contributed by atoms with E-state index in [0.717, 1.165) is 4.88 Å². The second-order valence-electron chi connectivity index (χ2n) is 2.21. The van der Waals surface area contributed by atoms with Gasteiger partial charge in [0.05, 0.1) is 12.1 Å². The van der Waals surface area contributed by atoms with Gasteiger partial charge in [-0.2, -0.15) is 0 Å². The molecule has 0 spiro atoms. The fourth-order valence-electron chi connectivity index (χ4n) is 0.783. The molecule has 0 fully saturated rings. The summed E-state index contributed by atoms with van der Waals surface area (Å²) in [5, 5.41) is 2.81. The third-order valence-corrected chi connectivity index (χ3v) is 2.01. The summed E-state index contributed by atoms with van der Waals surface area (Å²) in [7, 11) is 1.77. The van der Waals surface area contributed by atoms with E-state index in [1.807, 2.05) is 0 Å². The summed E-state index contributed by atoms with van der Waals surface area (Å²) in [5.41, 5.74) is 1.74. The molecule has 0 saturated heterocycles. The van der Waals surface area contributed by atoms with Crippen molar-refractivity contribution in [3.05, 3.63) is 16.6 Å². The van der Waals surface area contributed by atoms with Crippen molar-refractivity contribution >= 4 is 17.1 Å². The van der Waals surface area contributed by atoms with Crippen molar-refractivity contribution in [2.45, 2.75) is 6.42 Å². The van der Waals surface area contributed by atoms with Crippen molar-refractivity contribution in [1.29, 1.82) is 0 Å². The Hall–Kier alpha value is -0.740. The van der Waals surface area contributed by atoms with Crippen LogP contribution in [0, 0.1) is 0 Å². The number of carbonyl (C=O) groups excluding carboxylic acids is 1. The second kappa shape index (κ2) is 4.20. The van der Waals surface area contributed by atoms with Crippen molar-refractivity contribution in [2.75, 3.05) is 13.6 Å². The standard InChI is InChI=1S/C7H10N2OS/c1-8-3-6(10)2-7-4-9-5-11-7/h4-5,8H,2-3H2,1H3. The predicted molar refractivity (Wildman–Crippen MR) is 44.8 cm³/mol. The molecule has 0 saturated carbocycles. The van der Waals surface area contributed by atoms with Gasteiger partial charge in [-0.15, -0.1) is 11.3 Å². The maximum Gasteiger partial charge on any atom is 0.151 e. The fourth-order valence-corrected chi connectivity index (χ4v) is 1.41. The van der Waals surface area contributed by atoms with Crippen LogP contribution in [0.15, 0.2) is 11.7 Å². The molecule has 1 heterocycles. The Labute approximate surface area is 69.5 Å². The molecule has 3 nitrogen and oxygen atoms in total. The van der Waals surface area contributed by atoms with Crippen molar-refractivity contribution in [3.63, 3.8) is 0 Å². The Morgan fingerprint density at radius 3 is 3.18 bits per heavy atom. The minimum atomic E-state index is 0.205. The van der Waals surface area contributed by atoms with Crippen LogP contribution in [-0.4, -0.2) is 24.4 Å². The Morgan fingerprint density at radius 2 is 2.64 bits per heavy atom. The molecule has 60 valence electrons. The van der Waals surface area contributed by atoms with E-state index < -0.39 is 0 Å². The Balaban J connectivity index is 2.37. The lowest BCUT2D eigenvalue weighted by Crippen LogP contribution is -2.19. The monoisotopic (exact) mass is 170 g/mol. The molecule has 0 aliphatic carbocycles. The average Bonchev–Trinajstić information content (AvgIpc) is 2.40. The minimum Gasteiger partial charge on any atom is -0.313 e. The van der Waals surface area contributed by atoms with Gasteiger partial charge in [-0.1, -0.05) is 0 Å².